The summed E-state index contributed by atoms with van der Waals surface area (Å²) in [6.45, 7) is 2.64. The maximum Gasteiger partial charge on any atom is 0.282 e. The van der Waals surface area contributed by atoms with Crippen LogP contribution in [0.25, 0.3) is 17.2 Å². The van der Waals surface area contributed by atoms with Crippen LogP contribution in [-0.2, 0) is 11.2 Å². The minimum Gasteiger partial charge on any atom is -0.486 e. The molecule has 2 unspecified atom stereocenters. The Balaban J connectivity index is 1.21. The number of fused-ring (bicyclic) bond motifs is 1. The van der Waals surface area contributed by atoms with E-state index in [2.05, 4.69) is 24.1 Å². The van der Waals surface area contributed by atoms with E-state index in [-0.39, 0.29) is 23.0 Å². The largest absolute Gasteiger partial charge is 0.486 e. The fourth-order valence-electron chi connectivity index (χ4n) is 4.89. The molecule has 0 aliphatic carbocycles. The molecule has 5 rings (SSSR count). The average molecular weight is 602 g/mol. The smallest absolute Gasteiger partial charge is 0.282 e. The van der Waals surface area contributed by atoms with Crippen LogP contribution >= 0.6 is 11.6 Å². The zero-order valence-corrected chi connectivity index (χ0v) is 23.7. The zero-order chi connectivity index (χ0) is 30.2. The molecule has 2 amide bonds. The first-order valence-corrected chi connectivity index (χ1v) is 13.9. The van der Waals surface area contributed by atoms with Crippen LogP contribution in [0.1, 0.15) is 53.4 Å². The Kier molecular flexibility index (Phi) is 8.28. The van der Waals surface area contributed by atoms with Gasteiger partial charge in [-0.15, -0.1) is 0 Å². The molecule has 1 saturated heterocycles. The van der Waals surface area contributed by atoms with E-state index in [0.717, 1.165) is 29.8 Å². The molecule has 1 fully saturated rings. The molecular weight excluding hydrogens is 574 g/mol. The van der Waals surface area contributed by atoms with Crippen molar-refractivity contribution >= 4 is 29.5 Å². The molecule has 0 radical (unpaired) electrons. The van der Waals surface area contributed by atoms with Crippen LogP contribution in [0, 0.1) is 11.6 Å². The van der Waals surface area contributed by atoms with E-state index in [4.69, 9.17) is 16.3 Å². The van der Waals surface area contributed by atoms with Gasteiger partial charge in [0.05, 0.1) is 24.7 Å². The normalized spacial score (nSPS) is 17.9. The molecule has 6 nitrogen and oxygen atoms in total. The van der Waals surface area contributed by atoms with E-state index < -0.39 is 48.2 Å². The lowest BCUT2D eigenvalue weighted by Gasteiger charge is -2.38. The van der Waals surface area contributed by atoms with Gasteiger partial charge in [-0.2, -0.15) is 0 Å². The monoisotopic (exact) mass is 601 g/mol. The summed E-state index contributed by atoms with van der Waals surface area (Å²) in [4.78, 5) is 29.9. The Bertz CT molecular complexity index is 1530. The number of amides is 2. The van der Waals surface area contributed by atoms with Crippen molar-refractivity contribution in [2.45, 2.75) is 44.6 Å². The number of nitrogens with zero attached hydrogens (tertiary/aromatic N) is 2. The molecule has 220 valence electrons. The van der Waals surface area contributed by atoms with Crippen molar-refractivity contribution < 1.29 is 31.9 Å². The summed E-state index contributed by atoms with van der Waals surface area (Å²) in [6.07, 6.45) is 5.77. The Hall–Kier alpha value is -3.92. The quantitative estimate of drug-likeness (QED) is 0.239. The van der Waals surface area contributed by atoms with Gasteiger partial charge in [-0.1, -0.05) is 31.5 Å². The third-order valence-electron chi connectivity index (χ3n) is 7.43. The average Bonchev–Trinajstić information content (AvgIpc) is 3.36. The number of halogens is 5. The standard InChI is InChI=1S/C31H28ClF4N3O3/c1-3-17(2)26-6-4-18(13-37-26)5-7-27(40)38-14-22-9-21-8-19(10-23(32)29(21)42-22)20-11-24(33)28(25(34)12-20)30(41)39-15-31(35,36)16-39/h4-8,10-13,17,22H,3,9,14-16H2,1-2H3,(H,38,40). The number of alkyl halides is 2. The van der Waals surface area contributed by atoms with E-state index in [1.165, 1.54) is 12.1 Å². The van der Waals surface area contributed by atoms with E-state index >= 15 is 0 Å². The van der Waals surface area contributed by atoms with Gasteiger partial charge in [0.2, 0.25) is 5.91 Å². The lowest BCUT2D eigenvalue weighted by atomic mass is 9.98. The van der Waals surface area contributed by atoms with E-state index in [1.807, 2.05) is 12.1 Å². The van der Waals surface area contributed by atoms with Crippen molar-refractivity contribution in [1.29, 1.82) is 0 Å². The van der Waals surface area contributed by atoms with Gasteiger partial charge in [-0.05, 0) is 65.4 Å². The first-order chi connectivity index (χ1) is 19.9. The topological polar surface area (TPSA) is 71.5 Å². The highest BCUT2D eigenvalue weighted by Crippen LogP contribution is 2.40. The van der Waals surface area contributed by atoms with Crippen molar-refractivity contribution in [1.82, 2.24) is 15.2 Å². The molecule has 11 heteroatoms. The summed E-state index contributed by atoms with van der Waals surface area (Å²) in [5.41, 5.74) is 2.10. The number of aromatic nitrogens is 1. The number of nitrogens with one attached hydrogen (secondary N) is 1. The highest BCUT2D eigenvalue weighted by atomic mass is 35.5. The van der Waals surface area contributed by atoms with Crippen molar-refractivity contribution in [3.8, 4) is 16.9 Å². The molecule has 0 saturated carbocycles. The summed E-state index contributed by atoms with van der Waals surface area (Å²) in [6, 6.07) is 8.95. The van der Waals surface area contributed by atoms with E-state index in [1.54, 1.807) is 18.3 Å². The summed E-state index contributed by atoms with van der Waals surface area (Å²) >= 11 is 6.42. The van der Waals surface area contributed by atoms with E-state index in [9.17, 15) is 27.2 Å². The second-order valence-electron chi connectivity index (χ2n) is 10.6. The number of hydrogen-bond donors (Lipinski definition) is 1. The van der Waals surface area contributed by atoms with Crippen molar-refractivity contribution in [3.63, 3.8) is 0 Å². The number of likely N-dealkylation sites (tertiary alicyclic amines) is 1. The minimum atomic E-state index is -3.05. The van der Waals surface area contributed by atoms with Gasteiger partial charge < -0.3 is 15.0 Å². The van der Waals surface area contributed by atoms with Gasteiger partial charge in [-0.3, -0.25) is 14.6 Å². The predicted molar refractivity (Wildman–Crippen MR) is 151 cm³/mol. The van der Waals surface area contributed by atoms with Crippen LogP contribution in [-0.4, -0.2) is 53.4 Å². The molecule has 0 bridgehead atoms. The second kappa shape index (κ2) is 11.8. The summed E-state index contributed by atoms with van der Waals surface area (Å²) in [5.74, 6) is -6.04. The maximum absolute atomic E-state index is 14.8. The first-order valence-electron chi connectivity index (χ1n) is 13.5. The number of pyridine rings is 1. The van der Waals surface area contributed by atoms with Crippen molar-refractivity contribution in [2.75, 3.05) is 19.6 Å². The van der Waals surface area contributed by atoms with E-state index in [0.29, 0.717) is 34.1 Å². The van der Waals surface area contributed by atoms with Crippen molar-refractivity contribution in [2.24, 2.45) is 0 Å². The number of ether oxygens (including phenoxy) is 1. The lowest BCUT2D eigenvalue weighted by molar-refractivity contribution is -0.116. The molecule has 0 spiro atoms. The summed E-state index contributed by atoms with van der Waals surface area (Å²) < 4.78 is 61.8. The van der Waals surface area contributed by atoms with Crippen LogP contribution in [0.5, 0.6) is 5.75 Å². The fraction of sp³-hybridized carbons (Fsp3) is 0.323. The van der Waals surface area contributed by atoms with Gasteiger partial charge >= 0.3 is 0 Å². The van der Waals surface area contributed by atoms with Crippen molar-refractivity contribution in [3.05, 3.63) is 87.7 Å². The number of rotatable bonds is 8. The molecule has 2 aliphatic heterocycles. The number of carbonyl (C=O) groups excluding carboxylic acids is 2. The Morgan fingerprint density at radius 3 is 2.48 bits per heavy atom. The SMILES string of the molecule is CCC(C)c1ccc(C=CC(=O)NCC2Cc3cc(-c4cc(F)c(C(=O)N5CC(F)(F)C5)c(F)c4)cc(Cl)c3O2)cn1. The molecule has 2 aromatic carbocycles. The second-order valence-corrected chi connectivity index (χ2v) is 11.0. The molecule has 1 N–H and O–H groups in total. The number of carbonyl (C=O) groups is 2. The Labute approximate surface area is 245 Å². The summed E-state index contributed by atoms with van der Waals surface area (Å²) in [7, 11) is 0. The van der Waals surface area contributed by atoms with Gasteiger partial charge in [0, 0.05) is 30.0 Å². The number of benzene rings is 2. The molecule has 3 aromatic rings. The van der Waals surface area contributed by atoms with Crippen LogP contribution in [0.15, 0.2) is 48.7 Å². The van der Waals surface area contributed by atoms with Crippen LogP contribution in [0.3, 0.4) is 0 Å². The zero-order valence-electron chi connectivity index (χ0n) is 22.9. The molecular formula is C31H28ClF4N3O3. The molecule has 42 heavy (non-hydrogen) atoms. The van der Waals surface area contributed by atoms with Gasteiger partial charge in [0.1, 0.15) is 29.1 Å². The predicted octanol–water partition coefficient (Wildman–Crippen LogP) is 6.42. The lowest BCUT2D eigenvalue weighted by Crippen LogP contribution is -2.58. The first kappa shape index (κ1) is 29.6. The highest BCUT2D eigenvalue weighted by Gasteiger charge is 2.47. The van der Waals surface area contributed by atoms with Crippen LogP contribution in [0.2, 0.25) is 5.02 Å². The Morgan fingerprint density at radius 1 is 1.17 bits per heavy atom. The van der Waals surface area contributed by atoms with Crippen LogP contribution in [0.4, 0.5) is 17.6 Å². The molecule has 3 heterocycles. The summed E-state index contributed by atoms with van der Waals surface area (Å²) in [5, 5.41) is 3.01. The molecule has 1 aromatic heterocycles. The third kappa shape index (κ3) is 6.28. The maximum atomic E-state index is 14.8. The highest BCUT2D eigenvalue weighted by molar-refractivity contribution is 6.32. The molecule has 2 atom stereocenters. The molecule has 2 aliphatic rings. The minimum absolute atomic E-state index is 0.119. The third-order valence-corrected chi connectivity index (χ3v) is 7.71. The fourth-order valence-corrected chi connectivity index (χ4v) is 5.17. The van der Waals surface area contributed by atoms with Gasteiger partial charge in [-0.25, -0.2) is 17.6 Å². The number of hydrogen-bond acceptors (Lipinski definition) is 4. The Morgan fingerprint density at radius 2 is 1.86 bits per heavy atom. The van der Waals surface area contributed by atoms with Crippen LogP contribution < -0.4 is 10.1 Å². The van der Waals surface area contributed by atoms with Gasteiger partial charge in [0.15, 0.2) is 0 Å². The van der Waals surface area contributed by atoms with Gasteiger partial charge in [0.25, 0.3) is 11.8 Å².